The maximum absolute atomic E-state index is 12.4. The lowest BCUT2D eigenvalue weighted by Crippen LogP contribution is -2.33. The minimum absolute atomic E-state index is 0.117. The van der Waals surface area contributed by atoms with E-state index in [0.29, 0.717) is 12.1 Å². The molecule has 0 unspecified atom stereocenters. The maximum atomic E-state index is 12.4. The van der Waals surface area contributed by atoms with Crippen LogP contribution >= 0.6 is 0 Å². The van der Waals surface area contributed by atoms with Gasteiger partial charge in [0.2, 0.25) is 0 Å². The van der Waals surface area contributed by atoms with Gasteiger partial charge in [-0.2, -0.15) is 0 Å². The Kier molecular flexibility index (Phi) is 3.69. The molecule has 1 aliphatic carbocycles. The largest absolute Gasteiger partial charge is 0.478 e. The summed E-state index contributed by atoms with van der Waals surface area (Å²) >= 11 is 0. The summed E-state index contributed by atoms with van der Waals surface area (Å²) in [5.74, 6) is -1.13. The number of aryl methyl sites for hydroxylation is 1. The number of carboxylic acid groups (broad SMARTS) is 1. The molecule has 2 rings (SSSR count). The van der Waals surface area contributed by atoms with E-state index in [1.54, 1.807) is 30.0 Å². The number of carbonyl (C=O) groups excluding carboxylic acids is 1. The van der Waals surface area contributed by atoms with Crippen molar-refractivity contribution in [2.45, 2.75) is 25.8 Å². The molecule has 0 aromatic heterocycles. The Balaban J connectivity index is 2.31. The Morgan fingerprint density at radius 2 is 2.00 bits per heavy atom. The predicted octanol–water partition coefficient (Wildman–Crippen LogP) is 2.48. The smallest absolute Gasteiger partial charge is 0.335 e. The van der Waals surface area contributed by atoms with Crippen molar-refractivity contribution in [3.63, 3.8) is 0 Å². The molecule has 19 heavy (non-hydrogen) atoms. The van der Waals surface area contributed by atoms with Crippen LogP contribution in [-0.2, 0) is 0 Å². The number of rotatable bonds is 5. The van der Waals surface area contributed by atoms with E-state index in [-0.39, 0.29) is 17.5 Å². The van der Waals surface area contributed by atoms with Gasteiger partial charge in [-0.15, -0.1) is 6.58 Å². The Morgan fingerprint density at radius 3 is 2.53 bits per heavy atom. The average Bonchev–Trinajstić information content (AvgIpc) is 3.18. The summed E-state index contributed by atoms with van der Waals surface area (Å²) < 4.78 is 0. The number of amides is 1. The zero-order valence-electron chi connectivity index (χ0n) is 10.9. The van der Waals surface area contributed by atoms with Gasteiger partial charge in [0.1, 0.15) is 0 Å². The van der Waals surface area contributed by atoms with Crippen LogP contribution in [0.2, 0.25) is 0 Å². The van der Waals surface area contributed by atoms with E-state index in [4.69, 9.17) is 5.11 Å². The second-order valence-corrected chi connectivity index (χ2v) is 4.87. The van der Waals surface area contributed by atoms with Gasteiger partial charge in [-0.05, 0) is 43.5 Å². The van der Waals surface area contributed by atoms with Crippen LogP contribution in [0.15, 0.2) is 30.9 Å². The number of aromatic carboxylic acids is 1. The van der Waals surface area contributed by atoms with Crippen LogP contribution in [0.4, 0.5) is 0 Å². The molecular weight excluding hydrogens is 242 g/mol. The topological polar surface area (TPSA) is 57.6 Å². The highest BCUT2D eigenvalue weighted by atomic mass is 16.4. The van der Waals surface area contributed by atoms with Crippen LogP contribution < -0.4 is 0 Å². The molecule has 1 amide bonds. The Bertz CT molecular complexity index is 532. The Hall–Kier alpha value is -2.10. The summed E-state index contributed by atoms with van der Waals surface area (Å²) in [6.07, 6.45) is 3.72. The standard InChI is InChI=1S/C15H17NO3/c1-3-6-16(13-4-5-13)14(17)11-7-10(2)8-12(9-11)15(18)19/h3,7-9,13H,1,4-6H2,2H3,(H,18,19). The molecule has 1 fully saturated rings. The molecular formula is C15H17NO3. The Morgan fingerprint density at radius 1 is 1.37 bits per heavy atom. The summed E-state index contributed by atoms with van der Waals surface area (Å²) in [5, 5.41) is 9.04. The van der Waals surface area contributed by atoms with Crippen molar-refractivity contribution in [1.82, 2.24) is 4.90 Å². The van der Waals surface area contributed by atoms with E-state index in [0.717, 1.165) is 18.4 Å². The van der Waals surface area contributed by atoms with E-state index in [9.17, 15) is 9.59 Å². The molecule has 0 atom stereocenters. The second kappa shape index (κ2) is 5.26. The first kappa shape index (κ1) is 13.3. The van der Waals surface area contributed by atoms with Crippen molar-refractivity contribution in [3.8, 4) is 0 Å². The molecule has 1 N–H and O–H groups in total. The number of benzene rings is 1. The van der Waals surface area contributed by atoms with Gasteiger partial charge < -0.3 is 10.0 Å². The molecule has 0 spiro atoms. The summed E-state index contributed by atoms with van der Waals surface area (Å²) in [5.41, 5.74) is 1.36. The van der Waals surface area contributed by atoms with Gasteiger partial charge >= 0.3 is 5.97 Å². The molecule has 0 saturated heterocycles. The highest BCUT2D eigenvalue weighted by Gasteiger charge is 2.32. The average molecular weight is 259 g/mol. The molecule has 4 heteroatoms. The van der Waals surface area contributed by atoms with E-state index in [1.165, 1.54) is 6.07 Å². The minimum Gasteiger partial charge on any atom is -0.478 e. The summed E-state index contributed by atoms with van der Waals surface area (Å²) in [6.45, 7) is 5.95. The fraction of sp³-hybridized carbons (Fsp3) is 0.333. The zero-order valence-corrected chi connectivity index (χ0v) is 10.9. The van der Waals surface area contributed by atoms with Gasteiger partial charge in [-0.25, -0.2) is 4.79 Å². The third-order valence-electron chi connectivity index (χ3n) is 3.15. The zero-order chi connectivity index (χ0) is 14.0. The molecule has 0 bridgehead atoms. The first-order valence-electron chi connectivity index (χ1n) is 6.29. The van der Waals surface area contributed by atoms with Crippen molar-refractivity contribution in [3.05, 3.63) is 47.5 Å². The van der Waals surface area contributed by atoms with Gasteiger partial charge in [-0.3, -0.25) is 4.79 Å². The lowest BCUT2D eigenvalue weighted by atomic mass is 10.1. The minimum atomic E-state index is -1.01. The highest BCUT2D eigenvalue weighted by Crippen LogP contribution is 2.28. The monoisotopic (exact) mass is 259 g/mol. The van der Waals surface area contributed by atoms with Gasteiger partial charge in [-0.1, -0.05) is 6.08 Å². The summed E-state index contributed by atoms with van der Waals surface area (Å²) in [4.78, 5) is 25.2. The van der Waals surface area contributed by atoms with Crippen molar-refractivity contribution in [2.24, 2.45) is 0 Å². The number of nitrogens with zero attached hydrogens (tertiary/aromatic N) is 1. The van der Waals surface area contributed by atoms with Crippen molar-refractivity contribution in [2.75, 3.05) is 6.54 Å². The van der Waals surface area contributed by atoms with E-state index in [2.05, 4.69) is 6.58 Å². The van der Waals surface area contributed by atoms with Crippen LogP contribution in [0.1, 0.15) is 39.1 Å². The number of hydrogen-bond acceptors (Lipinski definition) is 2. The molecule has 1 aromatic rings. The van der Waals surface area contributed by atoms with Gasteiger partial charge in [0.05, 0.1) is 5.56 Å². The molecule has 0 heterocycles. The summed E-state index contributed by atoms with van der Waals surface area (Å²) in [6, 6.07) is 5.01. The summed E-state index contributed by atoms with van der Waals surface area (Å²) in [7, 11) is 0. The van der Waals surface area contributed by atoms with E-state index in [1.807, 2.05) is 0 Å². The van der Waals surface area contributed by atoms with Crippen LogP contribution in [0, 0.1) is 6.92 Å². The fourth-order valence-corrected chi connectivity index (χ4v) is 2.12. The third kappa shape index (κ3) is 3.02. The highest BCUT2D eigenvalue weighted by molar-refractivity contribution is 5.98. The van der Waals surface area contributed by atoms with E-state index >= 15 is 0 Å². The van der Waals surface area contributed by atoms with Crippen molar-refractivity contribution >= 4 is 11.9 Å². The molecule has 1 aromatic carbocycles. The fourth-order valence-electron chi connectivity index (χ4n) is 2.12. The van der Waals surface area contributed by atoms with Gasteiger partial charge in [0, 0.05) is 18.2 Å². The van der Waals surface area contributed by atoms with Gasteiger partial charge in [0.25, 0.3) is 5.91 Å². The SMILES string of the molecule is C=CCN(C(=O)c1cc(C)cc(C(=O)O)c1)C1CC1. The molecule has 100 valence electrons. The van der Waals surface area contributed by atoms with Crippen molar-refractivity contribution in [1.29, 1.82) is 0 Å². The Labute approximate surface area is 112 Å². The first-order chi connectivity index (χ1) is 9.02. The van der Waals surface area contributed by atoms with Crippen LogP contribution in [0.25, 0.3) is 0 Å². The van der Waals surface area contributed by atoms with Crippen LogP contribution in [0.3, 0.4) is 0 Å². The quantitative estimate of drug-likeness (QED) is 0.826. The number of carboxylic acids is 1. The molecule has 1 saturated carbocycles. The third-order valence-corrected chi connectivity index (χ3v) is 3.15. The lowest BCUT2D eigenvalue weighted by molar-refractivity contribution is 0.0696. The molecule has 0 aliphatic heterocycles. The predicted molar refractivity (Wildman–Crippen MR) is 72.4 cm³/mol. The van der Waals surface area contributed by atoms with E-state index < -0.39 is 5.97 Å². The van der Waals surface area contributed by atoms with Crippen LogP contribution in [-0.4, -0.2) is 34.5 Å². The van der Waals surface area contributed by atoms with Crippen LogP contribution in [0.5, 0.6) is 0 Å². The first-order valence-corrected chi connectivity index (χ1v) is 6.29. The number of hydrogen-bond donors (Lipinski definition) is 1. The second-order valence-electron chi connectivity index (χ2n) is 4.87. The molecule has 1 aliphatic rings. The van der Waals surface area contributed by atoms with Crippen molar-refractivity contribution < 1.29 is 14.7 Å². The normalized spacial score (nSPS) is 13.9. The number of carbonyl (C=O) groups is 2. The maximum Gasteiger partial charge on any atom is 0.335 e. The van der Waals surface area contributed by atoms with Gasteiger partial charge in [0.15, 0.2) is 0 Å². The molecule has 0 radical (unpaired) electrons. The molecule has 4 nitrogen and oxygen atoms in total. The lowest BCUT2D eigenvalue weighted by Gasteiger charge is -2.21.